The number of para-hydroxylation sites is 2. The summed E-state index contributed by atoms with van der Waals surface area (Å²) in [6.07, 6.45) is 0. The van der Waals surface area contributed by atoms with E-state index >= 15 is 0 Å². The van der Waals surface area contributed by atoms with Gasteiger partial charge < -0.3 is 4.74 Å². The Labute approximate surface area is 212 Å². The van der Waals surface area contributed by atoms with Gasteiger partial charge >= 0.3 is 0 Å². The lowest BCUT2D eigenvalue weighted by atomic mass is 9.90. The summed E-state index contributed by atoms with van der Waals surface area (Å²) in [5.74, 6) is -0.427. The van der Waals surface area contributed by atoms with E-state index in [0.717, 1.165) is 5.69 Å². The van der Waals surface area contributed by atoms with Crippen molar-refractivity contribution >= 4 is 28.7 Å². The summed E-state index contributed by atoms with van der Waals surface area (Å²) in [5, 5.41) is 19.7. The number of ether oxygens (including phenoxy) is 1. The lowest BCUT2D eigenvalue weighted by Crippen LogP contribution is -2.23. The maximum absolute atomic E-state index is 14.1. The molecule has 0 N–H and O–H groups in total. The minimum atomic E-state index is -0.415. The van der Waals surface area contributed by atoms with Crippen LogP contribution in [0.3, 0.4) is 0 Å². The number of benzene rings is 3. The quantitative estimate of drug-likeness (QED) is 0.397. The summed E-state index contributed by atoms with van der Waals surface area (Å²) in [5.41, 5.74) is 3.83. The van der Waals surface area contributed by atoms with Crippen LogP contribution in [0.25, 0.3) is 11.3 Å². The van der Waals surface area contributed by atoms with Gasteiger partial charge in [0, 0.05) is 5.56 Å². The van der Waals surface area contributed by atoms with Crippen molar-refractivity contribution in [2.45, 2.75) is 6.92 Å². The van der Waals surface area contributed by atoms with Crippen LogP contribution >= 0.6 is 0 Å². The number of allylic oxidation sites excluding steroid dienone is 1. The van der Waals surface area contributed by atoms with Crippen LogP contribution in [0.1, 0.15) is 27.2 Å². The SMILES string of the molecule is Cc1nn(-c2ccccc2)c2c1C(C(=O)c1ccc(C#N)cc1)=C1C(=O)N(c3ccccc3)N=C1CO2. The molecular formula is C29H19N5O3. The zero-order chi connectivity index (χ0) is 25.5. The van der Waals surface area contributed by atoms with Gasteiger partial charge in [-0.15, -0.1) is 0 Å². The van der Waals surface area contributed by atoms with Gasteiger partial charge in [0.2, 0.25) is 5.88 Å². The van der Waals surface area contributed by atoms with Gasteiger partial charge in [0.1, 0.15) is 12.3 Å². The molecule has 178 valence electrons. The molecular weight excluding hydrogens is 466 g/mol. The molecule has 8 heteroatoms. The van der Waals surface area contributed by atoms with Crippen LogP contribution in [0, 0.1) is 18.3 Å². The third-order valence-corrected chi connectivity index (χ3v) is 6.28. The third kappa shape index (κ3) is 3.61. The normalized spacial score (nSPS) is 14.3. The minimum absolute atomic E-state index is 0.0144. The second-order valence-electron chi connectivity index (χ2n) is 8.57. The van der Waals surface area contributed by atoms with Crippen molar-refractivity contribution in [2.24, 2.45) is 5.10 Å². The number of amides is 1. The van der Waals surface area contributed by atoms with E-state index in [1.807, 2.05) is 48.5 Å². The molecule has 0 radical (unpaired) electrons. The fourth-order valence-electron chi connectivity index (χ4n) is 4.54. The molecule has 6 rings (SSSR count). The number of anilines is 1. The molecule has 3 aromatic carbocycles. The first-order valence-electron chi connectivity index (χ1n) is 11.6. The van der Waals surface area contributed by atoms with E-state index in [4.69, 9.17) is 4.74 Å². The summed E-state index contributed by atoms with van der Waals surface area (Å²) < 4.78 is 7.85. The number of carbonyl (C=O) groups excluding carboxylic acids is 2. The van der Waals surface area contributed by atoms with Crippen LogP contribution in [-0.4, -0.2) is 33.8 Å². The first-order valence-corrected chi connectivity index (χ1v) is 11.6. The van der Waals surface area contributed by atoms with E-state index in [9.17, 15) is 14.9 Å². The summed E-state index contributed by atoms with van der Waals surface area (Å²) >= 11 is 0. The van der Waals surface area contributed by atoms with Crippen molar-refractivity contribution in [1.82, 2.24) is 9.78 Å². The van der Waals surface area contributed by atoms with Crippen molar-refractivity contribution in [3.05, 3.63) is 113 Å². The number of hydrogen-bond acceptors (Lipinski definition) is 6. The number of aryl methyl sites for hydroxylation is 1. The van der Waals surface area contributed by atoms with Crippen LogP contribution < -0.4 is 9.75 Å². The Hall–Kier alpha value is -5.29. The smallest absolute Gasteiger partial charge is 0.281 e. The van der Waals surface area contributed by atoms with E-state index in [-0.39, 0.29) is 23.5 Å². The highest BCUT2D eigenvalue weighted by Gasteiger charge is 2.41. The highest BCUT2D eigenvalue weighted by Crippen LogP contribution is 2.40. The number of Topliss-reactive ketones (excluding diaryl/α,β-unsaturated/α-hetero) is 1. The Bertz CT molecular complexity index is 1660. The highest BCUT2D eigenvalue weighted by atomic mass is 16.5. The Kier molecular flexibility index (Phi) is 5.24. The summed E-state index contributed by atoms with van der Waals surface area (Å²) in [6.45, 7) is 1.77. The van der Waals surface area contributed by atoms with Crippen molar-refractivity contribution in [2.75, 3.05) is 11.6 Å². The average molecular weight is 486 g/mol. The Balaban J connectivity index is 1.59. The number of fused-ring (bicyclic) bond motifs is 2. The molecule has 1 amide bonds. The maximum atomic E-state index is 14.1. The zero-order valence-electron chi connectivity index (χ0n) is 19.8. The first kappa shape index (κ1) is 22.2. The maximum Gasteiger partial charge on any atom is 0.281 e. The molecule has 1 aromatic heterocycles. The van der Waals surface area contributed by atoms with Crippen LogP contribution in [-0.2, 0) is 4.79 Å². The standard InChI is InChI=1S/C29H19N5O3/c1-18-24-26(27(35)20-14-12-19(16-30)13-15-20)25-23(32-33(28(25)36)21-8-4-2-5-9-21)17-37-29(24)34(31-18)22-10-6-3-7-11-22/h2-15H,17H2,1H3. The van der Waals surface area contributed by atoms with E-state index in [1.54, 1.807) is 48.0 Å². The van der Waals surface area contributed by atoms with Gasteiger partial charge in [0.05, 0.1) is 45.4 Å². The molecule has 8 nitrogen and oxygen atoms in total. The van der Waals surface area contributed by atoms with Crippen LogP contribution in [0.4, 0.5) is 5.69 Å². The molecule has 3 heterocycles. The van der Waals surface area contributed by atoms with Crippen LogP contribution in [0.2, 0.25) is 0 Å². The number of ketones is 1. The van der Waals surface area contributed by atoms with Crippen molar-refractivity contribution in [3.8, 4) is 17.6 Å². The number of aromatic nitrogens is 2. The minimum Gasteiger partial charge on any atom is -0.471 e. The van der Waals surface area contributed by atoms with Gasteiger partial charge in [-0.2, -0.15) is 20.5 Å². The Morgan fingerprint density at radius 2 is 1.59 bits per heavy atom. The second-order valence-corrected chi connectivity index (χ2v) is 8.57. The summed E-state index contributed by atoms with van der Waals surface area (Å²) in [4.78, 5) is 27.9. The van der Waals surface area contributed by atoms with E-state index in [1.165, 1.54) is 5.01 Å². The van der Waals surface area contributed by atoms with Crippen LogP contribution in [0.15, 0.2) is 95.6 Å². The topological polar surface area (TPSA) is 101 Å². The molecule has 2 aliphatic heterocycles. The Morgan fingerprint density at radius 1 is 0.946 bits per heavy atom. The molecule has 0 aliphatic carbocycles. The lowest BCUT2D eigenvalue weighted by molar-refractivity contribution is -0.114. The number of hydrogen-bond donors (Lipinski definition) is 0. The second kappa shape index (κ2) is 8.73. The fourth-order valence-corrected chi connectivity index (χ4v) is 4.54. The monoisotopic (exact) mass is 485 g/mol. The molecule has 0 saturated heterocycles. The summed E-state index contributed by atoms with van der Waals surface area (Å²) in [6, 6.07) is 26.9. The van der Waals surface area contributed by atoms with Crippen LogP contribution in [0.5, 0.6) is 5.88 Å². The molecule has 4 aromatic rings. The number of nitrogens with zero attached hydrogens (tertiary/aromatic N) is 5. The van der Waals surface area contributed by atoms with E-state index in [0.29, 0.717) is 39.7 Å². The number of carbonyl (C=O) groups is 2. The zero-order valence-corrected chi connectivity index (χ0v) is 19.8. The highest BCUT2D eigenvalue weighted by molar-refractivity contribution is 6.45. The number of rotatable bonds is 4. The van der Waals surface area contributed by atoms with Gasteiger partial charge in [-0.3, -0.25) is 9.59 Å². The third-order valence-electron chi connectivity index (χ3n) is 6.28. The Morgan fingerprint density at radius 3 is 2.24 bits per heavy atom. The van der Waals surface area contributed by atoms with E-state index in [2.05, 4.69) is 16.3 Å². The lowest BCUT2D eigenvalue weighted by Gasteiger charge is -2.14. The molecule has 37 heavy (non-hydrogen) atoms. The van der Waals surface area contributed by atoms with Gasteiger partial charge in [-0.05, 0) is 55.5 Å². The predicted octanol–water partition coefficient (Wildman–Crippen LogP) is 4.48. The first-order chi connectivity index (χ1) is 18.1. The number of nitriles is 1. The molecule has 0 spiro atoms. The fraction of sp³-hybridized carbons (Fsp3) is 0.0690. The predicted molar refractivity (Wildman–Crippen MR) is 138 cm³/mol. The van der Waals surface area contributed by atoms with Gasteiger partial charge in [0.25, 0.3) is 5.91 Å². The molecule has 0 fully saturated rings. The molecule has 0 saturated carbocycles. The largest absolute Gasteiger partial charge is 0.471 e. The summed E-state index contributed by atoms with van der Waals surface area (Å²) in [7, 11) is 0. The molecule has 0 bridgehead atoms. The molecule has 0 unspecified atom stereocenters. The van der Waals surface area contributed by atoms with E-state index < -0.39 is 5.91 Å². The van der Waals surface area contributed by atoms with Gasteiger partial charge in [-0.1, -0.05) is 36.4 Å². The van der Waals surface area contributed by atoms with Crippen molar-refractivity contribution in [1.29, 1.82) is 5.26 Å². The van der Waals surface area contributed by atoms with Crippen molar-refractivity contribution < 1.29 is 14.3 Å². The number of hydrazone groups is 1. The van der Waals surface area contributed by atoms with Gasteiger partial charge in [-0.25, -0.2) is 4.68 Å². The van der Waals surface area contributed by atoms with Crippen molar-refractivity contribution in [3.63, 3.8) is 0 Å². The molecule has 0 atom stereocenters. The van der Waals surface area contributed by atoms with Gasteiger partial charge in [0.15, 0.2) is 5.78 Å². The average Bonchev–Trinajstić information content (AvgIpc) is 3.38. The molecule has 2 aliphatic rings.